The first kappa shape index (κ1) is 116. The summed E-state index contributed by atoms with van der Waals surface area (Å²) in [6.07, 6.45) is 7.55. The third kappa shape index (κ3) is 32.2. The van der Waals surface area contributed by atoms with Gasteiger partial charge in [0.2, 0.25) is 0 Å². The number of aldehydes is 8. The summed E-state index contributed by atoms with van der Waals surface area (Å²) in [4.78, 5) is 91.0. The zero-order valence-corrected chi connectivity index (χ0v) is 88.4. The van der Waals surface area contributed by atoms with Gasteiger partial charge in [-0.25, -0.2) is 0 Å². The fourth-order valence-electron chi connectivity index (χ4n) is 16.9. The van der Waals surface area contributed by atoms with Crippen LogP contribution in [0.5, 0.6) is 46.0 Å². The lowest BCUT2D eigenvalue weighted by molar-refractivity contribution is -0.109. The van der Waals surface area contributed by atoms with E-state index in [2.05, 4.69) is 107 Å². The summed E-state index contributed by atoms with van der Waals surface area (Å²) in [7, 11) is 0. The van der Waals surface area contributed by atoms with E-state index in [4.69, 9.17) is 23.2 Å². The second-order valence-corrected chi connectivity index (χ2v) is 41.6. The summed E-state index contributed by atoms with van der Waals surface area (Å²) >= 11 is 13.3. The van der Waals surface area contributed by atoms with Crippen molar-refractivity contribution >= 4 is 95.6 Å². The van der Waals surface area contributed by atoms with Gasteiger partial charge in [0.05, 0.1) is 51.5 Å². The van der Waals surface area contributed by atoms with Crippen LogP contribution in [0.25, 0.3) is 10.8 Å². The minimum atomic E-state index is -0.555. The number of para-hydroxylation sites is 7. The number of thiophene rings is 1. The Labute approximate surface area is 893 Å². The summed E-state index contributed by atoms with van der Waals surface area (Å²) in [5.41, 5.74) is 16.5. The zero-order valence-electron chi connectivity index (χ0n) is 86.1. The number of aromatic hydroxyl groups is 8. The second kappa shape index (κ2) is 55.6. The quantitative estimate of drug-likeness (QED) is 0.0247. The first-order valence-corrected chi connectivity index (χ1v) is 50.8. The van der Waals surface area contributed by atoms with Gasteiger partial charge in [0, 0.05) is 50.4 Å². The Morgan fingerprint density at radius 1 is 0.233 bits per heavy atom. The van der Waals surface area contributed by atoms with Crippen LogP contribution in [0.2, 0.25) is 10.0 Å². The monoisotopic (exact) mass is 2060 g/mol. The number of benzene rings is 16. The van der Waals surface area contributed by atoms with E-state index in [1.165, 1.54) is 11.1 Å². The molecule has 8 N–H and O–H groups in total. The van der Waals surface area contributed by atoms with E-state index in [0.717, 1.165) is 111 Å². The van der Waals surface area contributed by atoms with Crippen LogP contribution in [0.1, 0.15) is 242 Å². The molecule has 0 aliphatic rings. The zero-order chi connectivity index (χ0) is 109. The van der Waals surface area contributed by atoms with Crippen molar-refractivity contribution < 1.29 is 79.2 Å². The summed E-state index contributed by atoms with van der Waals surface area (Å²) in [5.74, 6) is -2.09. The van der Waals surface area contributed by atoms with E-state index >= 15 is 0 Å². The molecular formula is C131H128Cl2O16S. The third-order valence-electron chi connectivity index (χ3n) is 25.4. The number of carbonyl (C=O) groups is 8. The summed E-state index contributed by atoms with van der Waals surface area (Å²) in [6, 6.07) is 118. The lowest BCUT2D eigenvalue weighted by Gasteiger charge is -2.28. The lowest BCUT2D eigenvalue weighted by atomic mass is 9.76. The summed E-state index contributed by atoms with van der Waals surface area (Å²) < 4.78 is 0. The minimum absolute atomic E-state index is 0.0117. The number of hydrogen-bond acceptors (Lipinski definition) is 17. The maximum Gasteiger partial charge on any atom is 0.132 e. The van der Waals surface area contributed by atoms with E-state index in [9.17, 15) is 79.2 Å². The van der Waals surface area contributed by atoms with E-state index in [1.807, 2.05) is 229 Å². The highest BCUT2D eigenvalue weighted by Gasteiger charge is 2.31. The first-order valence-electron chi connectivity index (χ1n) is 49.1. The topological polar surface area (TPSA) is 298 Å². The Morgan fingerprint density at radius 3 is 0.840 bits per heavy atom. The predicted molar refractivity (Wildman–Crippen MR) is 604 cm³/mol. The highest BCUT2D eigenvalue weighted by atomic mass is 35.5. The molecule has 8 atom stereocenters. The molecule has 150 heavy (non-hydrogen) atoms. The predicted octanol–water partition coefficient (Wildman–Crippen LogP) is 29.7. The Kier molecular flexibility index (Phi) is 42.9. The smallest absolute Gasteiger partial charge is 0.132 e. The Morgan fingerprint density at radius 2 is 0.520 bits per heavy atom. The number of phenolic OH excluding ortho intramolecular Hbond substituents is 8. The van der Waals surface area contributed by atoms with Crippen LogP contribution < -0.4 is 0 Å². The summed E-state index contributed by atoms with van der Waals surface area (Å²) in [5, 5.41) is 86.5. The van der Waals surface area contributed by atoms with Crippen LogP contribution in [0.4, 0.5) is 0 Å². The average molecular weight is 2060 g/mol. The molecule has 0 aliphatic heterocycles. The van der Waals surface area contributed by atoms with Crippen LogP contribution in [0.3, 0.4) is 0 Å². The van der Waals surface area contributed by atoms with Gasteiger partial charge >= 0.3 is 0 Å². The first-order chi connectivity index (χ1) is 71.8. The van der Waals surface area contributed by atoms with Gasteiger partial charge in [-0.2, -0.15) is 11.3 Å². The van der Waals surface area contributed by atoms with Crippen molar-refractivity contribution in [3.05, 3.63) is 520 Å². The van der Waals surface area contributed by atoms with E-state index in [0.29, 0.717) is 66.5 Å². The molecule has 0 fully saturated rings. The molecule has 17 rings (SSSR count). The molecule has 0 aliphatic carbocycles. The molecule has 8 unspecified atom stereocenters. The minimum Gasteiger partial charge on any atom is -0.508 e. The molecule has 0 bridgehead atoms. The molecule has 16 aromatic carbocycles. The van der Waals surface area contributed by atoms with Crippen LogP contribution in [0, 0.1) is 0 Å². The van der Waals surface area contributed by atoms with Crippen LogP contribution >= 0.6 is 34.5 Å². The fraction of sp³-hybridized carbons (Fsp3) is 0.191. The third-order valence-corrected chi connectivity index (χ3v) is 26.8. The van der Waals surface area contributed by atoms with Gasteiger partial charge in [-0.3, -0.25) is 0 Å². The van der Waals surface area contributed by atoms with Crippen LogP contribution in [-0.2, 0) is 66.4 Å². The Hall–Kier alpha value is -16.2. The Bertz CT molecular complexity index is 7140. The molecule has 0 spiro atoms. The van der Waals surface area contributed by atoms with Crippen LogP contribution in [0.15, 0.2) is 399 Å². The molecule has 0 saturated heterocycles. The largest absolute Gasteiger partial charge is 0.508 e. The highest BCUT2D eigenvalue weighted by molar-refractivity contribution is 7.08. The number of carbonyl (C=O) groups excluding carboxylic acids is 8. The maximum absolute atomic E-state index is 11.9. The van der Waals surface area contributed by atoms with E-state index < -0.39 is 35.5 Å². The number of rotatable bonds is 25. The van der Waals surface area contributed by atoms with Crippen molar-refractivity contribution in [2.24, 2.45) is 0 Å². The van der Waals surface area contributed by atoms with E-state index in [1.54, 1.807) is 157 Å². The van der Waals surface area contributed by atoms with Crippen molar-refractivity contribution in [2.45, 2.75) is 159 Å². The number of halogens is 2. The molecule has 19 heteroatoms. The molecule has 17 aromatic rings. The van der Waals surface area contributed by atoms with Crippen molar-refractivity contribution in [3.63, 3.8) is 0 Å². The van der Waals surface area contributed by atoms with Gasteiger partial charge in [-0.15, -0.1) is 0 Å². The fourth-order valence-corrected chi connectivity index (χ4v) is 17.9. The molecule has 16 nitrogen and oxygen atoms in total. The molecule has 1 aromatic heterocycles. The van der Waals surface area contributed by atoms with Gasteiger partial charge in [0.15, 0.2) is 0 Å². The standard InChI is InChI=1S/2C22H28O2.C18H14O2.C15H14O2.C14H10Cl2O2.2C14H12O2.C12H10O2S/c1-21(2,3)16-11-15(12-17(13-16)22(4,5)6)19(14-23)18-9-7-8-10-20(18)24;1-21(2,3)16-12-17(20(24)19(13-16)22(4,5)6)18(14-23)15-10-8-7-9-11-15;19-12-17(16-7-3-4-8-18(16)20)15-10-9-13-5-1-2-6-14(13)11-15;16-11-13(10-12-6-2-1-3-7-12)14-8-4-5-9-15(14)17;15-12-6-5-9(7-13(12)16)11(8-17)10-3-1-2-4-14(10)18;2*15-10-13(11-6-2-1-3-7-11)12-8-4-5-9-14(12)16;13-7-11(9-5-6-15-8-9)10-3-1-2-4-12(10)14/h7-14,19,24H,1-6H3;7-14,18,24H,1-6H3;1-12,17,20H;1-9,11,13,17H,10H2;1-8,11,18H;2*1-10,13,16H;1-8,11,14H. The molecule has 768 valence electrons. The number of hydrogen-bond donors (Lipinski definition) is 8. The van der Waals surface area contributed by atoms with Gasteiger partial charge in [-0.05, 0) is 177 Å². The van der Waals surface area contributed by atoms with Crippen LogP contribution in [-0.4, -0.2) is 91.1 Å². The molecule has 1 heterocycles. The highest BCUT2D eigenvalue weighted by Crippen LogP contribution is 2.45. The molecular weight excluding hydrogens is 1930 g/mol. The average Bonchev–Trinajstić information content (AvgIpc) is 1.02. The number of fused-ring (bicyclic) bond motifs is 1. The molecule has 0 amide bonds. The van der Waals surface area contributed by atoms with Gasteiger partial charge in [0.25, 0.3) is 0 Å². The SMILES string of the molecule is CC(C)(C)c1cc(C(C=O)c2ccccc2)c(O)c(C(C)(C)C)c1.CC(C)(C)c1cc(C(C=O)c2ccccc2O)cc(C(C)(C)C)c1.O=CC(Cc1ccccc1)c1ccccc1O.O=CC(c1ccc(Cl)c(Cl)c1)c1ccccc1O.O=CC(c1ccc2ccccc2c1)c1ccccc1O.O=CC(c1ccccc1)c1ccccc1O.O=CC(c1ccccc1)c1ccccc1O.O=CC(c1ccsc1)c1ccccc1O. The number of phenols is 8. The van der Waals surface area contributed by atoms with E-state index in [-0.39, 0.29) is 79.5 Å². The molecule has 0 radical (unpaired) electrons. The second-order valence-electron chi connectivity index (χ2n) is 40.0. The Balaban J connectivity index is 0.000000176. The maximum atomic E-state index is 11.9. The normalized spacial score (nSPS) is 12.6. The van der Waals surface area contributed by atoms with Crippen molar-refractivity contribution in [1.29, 1.82) is 0 Å². The van der Waals surface area contributed by atoms with Crippen molar-refractivity contribution in [2.75, 3.05) is 0 Å². The molecule has 0 saturated carbocycles. The van der Waals surface area contributed by atoms with Crippen molar-refractivity contribution in [1.82, 2.24) is 0 Å². The van der Waals surface area contributed by atoms with Gasteiger partial charge < -0.3 is 79.2 Å². The lowest BCUT2D eigenvalue weighted by Crippen LogP contribution is -2.18. The van der Waals surface area contributed by atoms with Gasteiger partial charge in [0.1, 0.15) is 96.3 Å². The van der Waals surface area contributed by atoms with Crippen molar-refractivity contribution in [3.8, 4) is 46.0 Å². The summed E-state index contributed by atoms with van der Waals surface area (Å²) in [6.45, 7) is 25.7. The van der Waals surface area contributed by atoms with Gasteiger partial charge in [-0.1, -0.05) is 434 Å².